The Balaban J connectivity index is 1.52. The van der Waals surface area contributed by atoms with Gasteiger partial charge >= 0.3 is 0 Å². The van der Waals surface area contributed by atoms with Crippen LogP contribution in [0.3, 0.4) is 0 Å². The molecule has 0 radical (unpaired) electrons. The lowest BCUT2D eigenvalue weighted by atomic mass is 10.0. The molecule has 144 valence electrons. The first kappa shape index (κ1) is 18.5. The van der Waals surface area contributed by atoms with Crippen molar-refractivity contribution in [1.29, 1.82) is 0 Å². The average molecular weight is 408 g/mol. The van der Waals surface area contributed by atoms with Gasteiger partial charge in [0.1, 0.15) is 11.9 Å². The highest BCUT2D eigenvalue weighted by molar-refractivity contribution is 7.91. The predicted molar refractivity (Wildman–Crippen MR) is 101 cm³/mol. The monoisotopic (exact) mass is 407 g/mol. The first-order valence-corrected chi connectivity index (χ1v) is 12.0. The van der Waals surface area contributed by atoms with Crippen molar-refractivity contribution in [2.45, 2.75) is 46.8 Å². The van der Waals surface area contributed by atoms with Gasteiger partial charge in [0.2, 0.25) is 19.9 Å². The quantitative estimate of drug-likeness (QED) is 0.794. The standard InChI is InChI=1S/C19H21NO5S2/c21-26(22,16-4-2-1-3-5-16)18-9-7-14-6-8-15(25-19(14)12-18)13-20-27(23,24)17-10-11-17/h1-5,7,9,12,15,17,20H,6,8,10-11,13H2. The predicted octanol–water partition coefficient (Wildman–Crippen LogP) is 2.29. The van der Waals surface area contributed by atoms with E-state index < -0.39 is 19.9 Å². The molecule has 1 N–H and O–H groups in total. The van der Waals surface area contributed by atoms with Gasteiger partial charge in [0.15, 0.2) is 0 Å². The van der Waals surface area contributed by atoms with Gasteiger partial charge in [-0.2, -0.15) is 0 Å². The summed E-state index contributed by atoms with van der Waals surface area (Å²) in [6.45, 7) is 0.202. The summed E-state index contributed by atoms with van der Waals surface area (Å²) in [4.78, 5) is 0.404. The van der Waals surface area contributed by atoms with E-state index in [2.05, 4.69) is 4.72 Å². The van der Waals surface area contributed by atoms with Gasteiger partial charge < -0.3 is 4.74 Å². The third-order valence-corrected chi connectivity index (χ3v) is 8.59. The fourth-order valence-corrected chi connectivity index (χ4v) is 5.87. The number of fused-ring (bicyclic) bond motifs is 1. The second-order valence-corrected chi connectivity index (χ2v) is 11.0. The molecule has 6 nitrogen and oxygen atoms in total. The van der Waals surface area contributed by atoms with Crippen molar-refractivity contribution < 1.29 is 21.6 Å². The molecule has 0 aromatic heterocycles. The zero-order valence-electron chi connectivity index (χ0n) is 14.7. The first-order valence-electron chi connectivity index (χ1n) is 8.94. The van der Waals surface area contributed by atoms with Gasteiger partial charge in [0.05, 0.1) is 15.0 Å². The van der Waals surface area contributed by atoms with E-state index in [1.807, 2.05) is 0 Å². The van der Waals surface area contributed by atoms with Gasteiger partial charge in [-0.25, -0.2) is 21.6 Å². The van der Waals surface area contributed by atoms with Crippen molar-refractivity contribution in [3.8, 4) is 5.75 Å². The molecule has 0 saturated heterocycles. The molecule has 1 saturated carbocycles. The van der Waals surface area contributed by atoms with Crippen LogP contribution in [0.25, 0.3) is 0 Å². The average Bonchev–Trinajstić information content (AvgIpc) is 3.52. The van der Waals surface area contributed by atoms with Crippen molar-refractivity contribution in [3.05, 3.63) is 54.1 Å². The van der Waals surface area contributed by atoms with Crippen molar-refractivity contribution in [2.75, 3.05) is 6.54 Å². The van der Waals surface area contributed by atoms with Crippen LogP contribution in [0.15, 0.2) is 58.3 Å². The third-order valence-electron chi connectivity index (χ3n) is 4.91. The maximum atomic E-state index is 12.8. The van der Waals surface area contributed by atoms with E-state index in [4.69, 9.17) is 4.74 Å². The minimum Gasteiger partial charge on any atom is -0.489 e. The molecule has 0 amide bonds. The molecule has 0 spiro atoms. The van der Waals surface area contributed by atoms with Crippen LogP contribution in [0.1, 0.15) is 24.8 Å². The minimum atomic E-state index is -3.62. The van der Waals surface area contributed by atoms with Crippen molar-refractivity contribution >= 4 is 19.9 Å². The fraction of sp³-hybridized carbons (Fsp3) is 0.368. The second-order valence-electron chi connectivity index (χ2n) is 6.96. The molecular weight excluding hydrogens is 386 g/mol. The molecule has 27 heavy (non-hydrogen) atoms. The van der Waals surface area contributed by atoms with Crippen LogP contribution in [0, 0.1) is 0 Å². The number of hydrogen-bond acceptors (Lipinski definition) is 5. The van der Waals surface area contributed by atoms with E-state index in [1.54, 1.807) is 48.5 Å². The van der Waals surface area contributed by atoms with Crippen LogP contribution in [-0.2, 0) is 26.3 Å². The largest absolute Gasteiger partial charge is 0.489 e. The first-order chi connectivity index (χ1) is 12.9. The summed E-state index contributed by atoms with van der Waals surface area (Å²) in [6, 6.07) is 13.2. The maximum absolute atomic E-state index is 12.8. The fourth-order valence-electron chi connectivity index (χ4n) is 3.16. The summed E-state index contributed by atoms with van der Waals surface area (Å²) >= 11 is 0. The lowest BCUT2D eigenvalue weighted by Gasteiger charge is -2.26. The van der Waals surface area contributed by atoms with Gasteiger partial charge in [-0.15, -0.1) is 0 Å². The maximum Gasteiger partial charge on any atom is 0.214 e. The van der Waals surface area contributed by atoms with E-state index in [-0.39, 0.29) is 27.7 Å². The van der Waals surface area contributed by atoms with Gasteiger partial charge in [0.25, 0.3) is 0 Å². The summed E-state index contributed by atoms with van der Waals surface area (Å²) in [5, 5.41) is -0.268. The molecule has 2 aromatic rings. The van der Waals surface area contributed by atoms with Gasteiger partial charge in [0, 0.05) is 6.54 Å². The topological polar surface area (TPSA) is 89.5 Å². The highest BCUT2D eigenvalue weighted by atomic mass is 32.2. The van der Waals surface area contributed by atoms with E-state index in [1.165, 1.54) is 0 Å². The molecule has 1 fully saturated rings. The van der Waals surface area contributed by atoms with E-state index in [0.29, 0.717) is 25.0 Å². The Morgan fingerprint density at radius 2 is 1.67 bits per heavy atom. The van der Waals surface area contributed by atoms with Crippen LogP contribution >= 0.6 is 0 Å². The Bertz CT molecular complexity index is 1040. The summed E-state index contributed by atoms with van der Waals surface area (Å²) in [6.07, 6.45) is 2.53. The number of rotatable bonds is 6. The molecule has 2 aromatic carbocycles. The molecule has 2 aliphatic rings. The molecule has 1 aliphatic carbocycles. The Labute approximate surface area is 159 Å². The van der Waals surface area contributed by atoms with Crippen LogP contribution in [0.4, 0.5) is 0 Å². The summed E-state index contributed by atoms with van der Waals surface area (Å²) in [5.41, 5.74) is 0.934. The Morgan fingerprint density at radius 1 is 0.926 bits per heavy atom. The number of benzene rings is 2. The van der Waals surface area contributed by atoms with Crippen LogP contribution in [0.5, 0.6) is 5.75 Å². The Kier molecular flexibility index (Phi) is 4.73. The summed E-state index contributed by atoms with van der Waals surface area (Å²) < 4.78 is 58.1. The minimum absolute atomic E-state index is 0.173. The van der Waals surface area contributed by atoms with E-state index in [9.17, 15) is 16.8 Å². The summed E-state index contributed by atoms with van der Waals surface area (Å²) in [5.74, 6) is 0.508. The number of aryl methyl sites for hydroxylation is 1. The molecule has 4 rings (SSSR count). The third kappa shape index (κ3) is 3.88. The zero-order chi connectivity index (χ0) is 19.1. The number of ether oxygens (including phenoxy) is 1. The molecule has 8 heteroatoms. The second kappa shape index (κ2) is 6.92. The highest BCUT2D eigenvalue weighted by Crippen LogP contribution is 2.32. The molecule has 1 aliphatic heterocycles. The number of sulfone groups is 1. The van der Waals surface area contributed by atoms with Crippen molar-refractivity contribution in [1.82, 2.24) is 4.72 Å². The SMILES string of the molecule is O=S(=O)(c1ccccc1)c1ccc2c(c1)OC(CNS(=O)(=O)C1CC1)CC2. The van der Waals surface area contributed by atoms with E-state index in [0.717, 1.165) is 12.0 Å². The zero-order valence-corrected chi connectivity index (χ0v) is 16.3. The number of nitrogens with one attached hydrogen (secondary N) is 1. The normalized spacial score (nSPS) is 19.9. The van der Waals surface area contributed by atoms with E-state index >= 15 is 0 Å². The van der Waals surface area contributed by atoms with Crippen molar-refractivity contribution in [3.63, 3.8) is 0 Å². The lowest BCUT2D eigenvalue weighted by molar-refractivity contribution is 0.176. The Morgan fingerprint density at radius 3 is 2.37 bits per heavy atom. The Hall–Kier alpha value is -1.90. The van der Waals surface area contributed by atoms with Crippen LogP contribution in [0.2, 0.25) is 0 Å². The van der Waals surface area contributed by atoms with Crippen LogP contribution < -0.4 is 9.46 Å². The molecule has 0 bridgehead atoms. The van der Waals surface area contributed by atoms with Gasteiger partial charge in [-0.3, -0.25) is 0 Å². The molecular formula is C19H21NO5S2. The molecule has 1 heterocycles. The number of hydrogen-bond donors (Lipinski definition) is 1. The lowest BCUT2D eigenvalue weighted by Crippen LogP contribution is -2.38. The number of sulfonamides is 1. The highest BCUT2D eigenvalue weighted by Gasteiger charge is 2.36. The van der Waals surface area contributed by atoms with Gasteiger partial charge in [-0.1, -0.05) is 24.3 Å². The van der Waals surface area contributed by atoms with Crippen molar-refractivity contribution in [2.24, 2.45) is 0 Å². The molecule has 1 atom stereocenters. The smallest absolute Gasteiger partial charge is 0.214 e. The van der Waals surface area contributed by atoms with Gasteiger partial charge in [-0.05, 0) is 55.5 Å². The molecule has 1 unspecified atom stereocenters. The summed E-state index contributed by atoms with van der Waals surface area (Å²) in [7, 11) is -6.88. The van der Waals surface area contributed by atoms with Crippen LogP contribution in [-0.4, -0.2) is 34.7 Å².